The van der Waals surface area contributed by atoms with Crippen molar-refractivity contribution in [3.05, 3.63) is 45.1 Å². The lowest BCUT2D eigenvalue weighted by atomic mass is 10.0. The molecule has 0 bridgehead atoms. The van der Waals surface area contributed by atoms with Crippen LogP contribution in [-0.4, -0.2) is 0 Å². The average molecular weight is 223 g/mol. The van der Waals surface area contributed by atoms with E-state index in [1.165, 1.54) is 16.0 Å². The van der Waals surface area contributed by atoms with Crippen molar-refractivity contribution in [2.75, 3.05) is 0 Å². The smallest absolute Gasteiger partial charge is 0.0484 e. The normalized spacial score (nSPS) is 10.5. The molecule has 2 heteroatoms. The maximum absolute atomic E-state index is 6.16. The van der Waals surface area contributed by atoms with Gasteiger partial charge in [0, 0.05) is 15.5 Å². The summed E-state index contributed by atoms with van der Waals surface area (Å²) in [5.41, 5.74) is 3.74. The molecule has 0 N–H and O–H groups in total. The minimum atomic E-state index is 0.831. The van der Waals surface area contributed by atoms with Gasteiger partial charge in [0.05, 0.1) is 0 Å². The van der Waals surface area contributed by atoms with E-state index in [0.29, 0.717) is 0 Å². The van der Waals surface area contributed by atoms with Crippen LogP contribution in [0.5, 0.6) is 0 Å². The molecule has 1 heterocycles. The molecular weight excluding hydrogens is 212 g/mol. The minimum absolute atomic E-state index is 0.831. The van der Waals surface area contributed by atoms with E-state index in [9.17, 15) is 0 Å². The molecule has 0 saturated heterocycles. The minimum Gasteiger partial charge on any atom is -0.148 e. The molecule has 2 aromatic rings. The van der Waals surface area contributed by atoms with Gasteiger partial charge in [-0.05, 0) is 36.4 Å². The van der Waals surface area contributed by atoms with Crippen molar-refractivity contribution in [1.82, 2.24) is 0 Å². The zero-order valence-corrected chi connectivity index (χ0v) is 9.75. The summed E-state index contributed by atoms with van der Waals surface area (Å²) in [5, 5.41) is 3.01. The fourth-order valence-electron chi connectivity index (χ4n) is 1.64. The Morgan fingerprint density at radius 3 is 2.43 bits per heavy atom. The predicted octanol–water partition coefficient (Wildman–Crippen LogP) is 4.69. The molecule has 14 heavy (non-hydrogen) atoms. The maximum Gasteiger partial charge on any atom is 0.0484 e. The lowest BCUT2D eigenvalue weighted by molar-refractivity contribution is 1.48. The van der Waals surface area contributed by atoms with Crippen LogP contribution < -0.4 is 0 Å². The van der Waals surface area contributed by atoms with Crippen molar-refractivity contribution >= 4 is 22.9 Å². The first-order valence-electron chi connectivity index (χ1n) is 4.49. The first-order valence-corrected chi connectivity index (χ1v) is 5.75. The molecule has 0 amide bonds. The molecule has 0 aliphatic carbocycles. The summed E-state index contributed by atoms with van der Waals surface area (Å²) in [5.74, 6) is 0. The van der Waals surface area contributed by atoms with E-state index in [1.54, 1.807) is 11.3 Å². The van der Waals surface area contributed by atoms with E-state index in [-0.39, 0.29) is 0 Å². The van der Waals surface area contributed by atoms with Gasteiger partial charge in [0.25, 0.3) is 0 Å². The summed E-state index contributed by atoms with van der Waals surface area (Å²) in [6, 6.07) is 8.00. The second-order valence-corrected chi connectivity index (χ2v) is 4.82. The van der Waals surface area contributed by atoms with Gasteiger partial charge in [-0.2, -0.15) is 0 Å². The molecule has 0 fully saturated rings. The van der Waals surface area contributed by atoms with E-state index in [2.05, 4.69) is 25.3 Å². The molecule has 72 valence electrons. The number of hydrogen-bond acceptors (Lipinski definition) is 1. The predicted molar refractivity (Wildman–Crippen MR) is 64.2 cm³/mol. The van der Waals surface area contributed by atoms with Crippen LogP contribution in [0.25, 0.3) is 11.1 Å². The highest BCUT2D eigenvalue weighted by Crippen LogP contribution is 2.35. The van der Waals surface area contributed by atoms with E-state index in [4.69, 9.17) is 11.6 Å². The van der Waals surface area contributed by atoms with Crippen LogP contribution in [0.15, 0.2) is 29.6 Å². The maximum atomic E-state index is 6.16. The summed E-state index contributed by atoms with van der Waals surface area (Å²) in [6.07, 6.45) is 0. The molecule has 0 spiro atoms. The number of rotatable bonds is 1. The van der Waals surface area contributed by atoms with Gasteiger partial charge in [0.2, 0.25) is 0 Å². The lowest BCUT2D eigenvalue weighted by Crippen LogP contribution is -1.81. The molecule has 2 rings (SSSR count). The zero-order valence-electron chi connectivity index (χ0n) is 8.17. The first-order chi connectivity index (χ1) is 6.70. The summed E-state index contributed by atoms with van der Waals surface area (Å²) in [4.78, 5) is 1.33. The Hall–Kier alpha value is -0.790. The number of halogens is 1. The van der Waals surface area contributed by atoms with Gasteiger partial charge in [-0.3, -0.25) is 0 Å². The Labute approximate surface area is 93.2 Å². The van der Waals surface area contributed by atoms with Crippen molar-refractivity contribution in [1.29, 1.82) is 0 Å². The summed E-state index contributed by atoms with van der Waals surface area (Å²) < 4.78 is 0. The number of benzene rings is 1. The Bertz CT molecular complexity index is 438. The second-order valence-electron chi connectivity index (χ2n) is 3.33. The third-order valence-electron chi connectivity index (χ3n) is 2.30. The molecule has 1 aromatic heterocycles. The van der Waals surface area contributed by atoms with Gasteiger partial charge < -0.3 is 0 Å². The van der Waals surface area contributed by atoms with Gasteiger partial charge in [0.1, 0.15) is 0 Å². The molecule has 0 nitrogen and oxygen atoms in total. The average Bonchev–Trinajstić information content (AvgIpc) is 2.48. The van der Waals surface area contributed by atoms with Gasteiger partial charge in [-0.15, -0.1) is 11.3 Å². The molecule has 0 aliphatic rings. The Kier molecular flexibility index (Phi) is 2.62. The molecule has 0 unspecified atom stereocenters. The quantitative estimate of drug-likeness (QED) is 0.657. The van der Waals surface area contributed by atoms with Crippen LogP contribution in [0.3, 0.4) is 0 Å². The lowest BCUT2D eigenvalue weighted by Gasteiger charge is -2.04. The van der Waals surface area contributed by atoms with E-state index in [1.807, 2.05) is 18.2 Å². The number of hydrogen-bond donors (Lipinski definition) is 0. The van der Waals surface area contributed by atoms with Gasteiger partial charge >= 0.3 is 0 Å². The Morgan fingerprint density at radius 1 is 1.14 bits per heavy atom. The van der Waals surface area contributed by atoms with E-state index >= 15 is 0 Å². The molecule has 0 radical (unpaired) electrons. The third kappa shape index (κ3) is 1.58. The third-order valence-corrected chi connectivity index (χ3v) is 3.66. The topological polar surface area (TPSA) is 0 Å². The van der Waals surface area contributed by atoms with Gasteiger partial charge in [-0.25, -0.2) is 0 Å². The molecule has 1 aromatic carbocycles. The van der Waals surface area contributed by atoms with Crippen molar-refractivity contribution in [2.24, 2.45) is 0 Å². The number of aryl methyl sites for hydroxylation is 2. The largest absolute Gasteiger partial charge is 0.148 e. The van der Waals surface area contributed by atoms with Gasteiger partial charge in [-0.1, -0.05) is 29.8 Å². The van der Waals surface area contributed by atoms with E-state index < -0.39 is 0 Å². The highest BCUT2D eigenvalue weighted by atomic mass is 35.5. The molecular formula is C12H11ClS. The van der Waals surface area contributed by atoms with Gasteiger partial charge in [0.15, 0.2) is 0 Å². The molecule has 0 atom stereocenters. The van der Waals surface area contributed by atoms with Crippen LogP contribution >= 0.6 is 22.9 Å². The van der Waals surface area contributed by atoms with Crippen molar-refractivity contribution in [3.63, 3.8) is 0 Å². The highest BCUT2D eigenvalue weighted by molar-refractivity contribution is 7.10. The first kappa shape index (κ1) is 9.75. The van der Waals surface area contributed by atoms with Crippen LogP contribution in [0, 0.1) is 13.8 Å². The van der Waals surface area contributed by atoms with Crippen molar-refractivity contribution in [3.8, 4) is 11.1 Å². The second kappa shape index (κ2) is 3.76. The SMILES string of the molecule is Cc1csc(C)c1-c1ccccc1Cl. The summed E-state index contributed by atoms with van der Waals surface area (Å²) in [7, 11) is 0. The molecule has 0 aliphatic heterocycles. The standard InChI is InChI=1S/C12H11ClS/c1-8-7-14-9(2)12(8)10-5-3-4-6-11(10)13/h3-7H,1-2H3. The van der Waals surface area contributed by atoms with Crippen LogP contribution in [0.2, 0.25) is 5.02 Å². The highest BCUT2D eigenvalue weighted by Gasteiger charge is 2.09. The summed E-state index contributed by atoms with van der Waals surface area (Å²) >= 11 is 7.94. The monoisotopic (exact) mass is 222 g/mol. The van der Waals surface area contributed by atoms with Crippen molar-refractivity contribution in [2.45, 2.75) is 13.8 Å². The fraction of sp³-hybridized carbons (Fsp3) is 0.167. The van der Waals surface area contributed by atoms with E-state index in [0.717, 1.165) is 10.6 Å². The number of thiophene rings is 1. The van der Waals surface area contributed by atoms with Crippen LogP contribution in [-0.2, 0) is 0 Å². The van der Waals surface area contributed by atoms with Crippen LogP contribution in [0.4, 0.5) is 0 Å². The zero-order chi connectivity index (χ0) is 10.1. The Balaban J connectivity index is 2.66. The fourth-order valence-corrected chi connectivity index (χ4v) is 2.73. The Morgan fingerprint density at radius 2 is 1.86 bits per heavy atom. The summed E-state index contributed by atoms with van der Waals surface area (Å²) in [6.45, 7) is 4.26. The molecule has 0 saturated carbocycles. The van der Waals surface area contributed by atoms with Crippen LogP contribution in [0.1, 0.15) is 10.4 Å². The van der Waals surface area contributed by atoms with Crippen molar-refractivity contribution < 1.29 is 0 Å².